The van der Waals surface area contributed by atoms with Crippen molar-refractivity contribution in [1.29, 1.82) is 0 Å². The molecule has 148 valence electrons. The molecule has 1 aliphatic rings. The van der Waals surface area contributed by atoms with Gasteiger partial charge < -0.3 is 5.73 Å². The molecular formula is C24H26N4O. The second-order valence-corrected chi connectivity index (χ2v) is 7.55. The van der Waals surface area contributed by atoms with Gasteiger partial charge >= 0.3 is 0 Å². The van der Waals surface area contributed by atoms with Gasteiger partial charge in [-0.25, -0.2) is 0 Å². The summed E-state index contributed by atoms with van der Waals surface area (Å²) < 4.78 is 0. The fraction of sp³-hybridized carbons (Fsp3) is 0.250. The van der Waals surface area contributed by atoms with Gasteiger partial charge in [0.05, 0.1) is 0 Å². The number of hydrogen-bond donors (Lipinski definition) is 1. The summed E-state index contributed by atoms with van der Waals surface area (Å²) in [6, 6.07) is 20.3. The zero-order chi connectivity index (χ0) is 20.1. The number of pyridine rings is 1. The van der Waals surface area contributed by atoms with Crippen molar-refractivity contribution in [1.82, 2.24) is 14.8 Å². The van der Waals surface area contributed by atoms with Gasteiger partial charge in [0, 0.05) is 57.2 Å². The van der Waals surface area contributed by atoms with E-state index < -0.39 is 5.91 Å². The van der Waals surface area contributed by atoms with Crippen molar-refractivity contribution in [2.45, 2.75) is 13.1 Å². The fourth-order valence-corrected chi connectivity index (χ4v) is 3.74. The Kier molecular flexibility index (Phi) is 5.98. The molecule has 5 heteroatoms. The van der Waals surface area contributed by atoms with E-state index in [-0.39, 0.29) is 0 Å². The van der Waals surface area contributed by atoms with Crippen LogP contribution in [0.25, 0.3) is 11.1 Å². The maximum absolute atomic E-state index is 11.2. The summed E-state index contributed by atoms with van der Waals surface area (Å²) in [5.74, 6) is -0.396. The lowest BCUT2D eigenvalue weighted by atomic mass is 10.0. The summed E-state index contributed by atoms with van der Waals surface area (Å²) in [7, 11) is 0. The number of carbonyl (C=O) groups is 1. The van der Waals surface area contributed by atoms with Crippen LogP contribution in [0.15, 0.2) is 73.1 Å². The Balaban J connectivity index is 1.30. The smallest absolute Gasteiger partial charge is 0.248 e. The van der Waals surface area contributed by atoms with Crippen LogP contribution in [0.4, 0.5) is 0 Å². The largest absolute Gasteiger partial charge is 0.366 e. The highest BCUT2D eigenvalue weighted by Crippen LogP contribution is 2.21. The number of nitrogens with zero attached hydrogens (tertiary/aromatic N) is 3. The minimum Gasteiger partial charge on any atom is -0.366 e. The van der Waals surface area contributed by atoms with Crippen LogP contribution in [0.3, 0.4) is 0 Å². The minimum absolute atomic E-state index is 0.396. The number of rotatable bonds is 6. The van der Waals surface area contributed by atoms with E-state index in [0.29, 0.717) is 5.56 Å². The molecule has 0 radical (unpaired) electrons. The number of benzene rings is 2. The first-order valence-corrected chi connectivity index (χ1v) is 10.0. The topological polar surface area (TPSA) is 62.5 Å². The number of aromatic nitrogens is 1. The van der Waals surface area contributed by atoms with Gasteiger partial charge in [0.25, 0.3) is 0 Å². The van der Waals surface area contributed by atoms with Crippen molar-refractivity contribution >= 4 is 5.91 Å². The van der Waals surface area contributed by atoms with Crippen LogP contribution in [0.1, 0.15) is 21.5 Å². The van der Waals surface area contributed by atoms with Crippen LogP contribution in [-0.4, -0.2) is 46.9 Å². The monoisotopic (exact) mass is 386 g/mol. The summed E-state index contributed by atoms with van der Waals surface area (Å²) in [5.41, 5.74) is 10.7. The maximum Gasteiger partial charge on any atom is 0.248 e. The molecule has 4 rings (SSSR count). The fourth-order valence-electron chi connectivity index (χ4n) is 3.74. The molecule has 1 aromatic heterocycles. The number of primary amides is 1. The molecule has 0 spiro atoms. The summed E-state index contributed by atoms with van der Waals surface area (Å²) in [6.07, 6.45) is 3.72. The van der Waals surface area contributed by atoms with Gasteiger partial charge in [-0.3, -0.25) is 19.6 Å². The molecule has 0 saturated carbocycles. The first kappa shape index (κ1) is 19.3. The zero-order valence-corrected chi connectivity index (χ0v) is 16.5. The molecule has 0 bridgehead atoms. The quantitative estimate of drug-likeness (QED) is 0.707. The Morgan fingerprint density at radius 2 is 1.17 bits per heavy atom. The van der Waals surface area contributed by atoms with Crippen LogP contribution in [0, 0.1) is 0 Å². The van der Waals surface area contributed by atoms with E-state index >= 15 is 0 Å². The molecule has 1 aliphatic heterocycles. The summed E-state index contributed by atoms with van der Waals surface area (Å²) in [6.45, 7) is 6.33. The third-order valence-corrected chi connectivity index (χ3v) is 5.48. The van der Waals surface area contributed by atoms with Crippen molar-refractivity contribution in [2.24, 2.45) is 5.73 Å². The molecule has 29 heavy (non-hydrogen) atoms. The zero-order valence-electron chi connectivity index (χ0n) is 16.5. The van der Waals surface area contributed by atoms with Gasteiger partial charge in [0.2, 0.25) is 5.91 Å². The lowest BCUT2D eigenvalue weighted by molar-refractivity contribution is 0.100. The predicted octanol–water partition coefficient (Wildman–Crippen LogP) is 3.17. The molecule has 1 saturated heterocycles. The molecule has 2 heterocycles. The molecule has 3 aromatic rings. The summed E-state index contributed by atoms with van der Waals surface area (Å²) >= 11 is 0. The Bertz CT molecular complexity index is 931. The molecule has 2 N–H and O–H groups in total. The summed E-state index contributed by atoms with van der Waals surface area (Å²) in [4.78, 5) is 20.3. The average molecular weight is 386 g/mol. The van der Waals surface area contributed by atoms with Gasteiger partial charge in [-0.1, -0.05) is 36.4 Å². The standard InChI is InChI=1S/C24H26N4O/c25-24(29)23-7-5-22(6-8-23)21-3-1-19(2-4-21)17-27-13-15-28(16-14-27)18-20-9-11-26-12-10-20/h1-12H,13-18H2,(H2,25,29). The van der Waals surface area contributed by atoms with E-state index in [9.17, 15) is 4.79 Å². The van der Waals surface area contributed by atoms with Crippen molar-refractivity contribution in [2.75, 3.05) is 26.2 Å². The first-order valence-electron chi connectivity index (χ1n) is 10.0. The SMILES string of the molecule is NC(=O)c1ccc(-c2ccc(CN3CCN(Cc4ccncc4)CC3)cc2)cc1. The van der Waals surface area contributed by atoms with Crippen LogP contribution in [-0.2, 0) is 13.1 Å². The molecule has 0 unspecified atom stereocenters. The van der Waals surface area contributed by atoms with Crippen molar-refractivity contribution in [3.63, 3.8) is 0 Å². The van der Waals surface area contributed by atoms with Gasteiger partial charge in [-0.05, 0) is 46.5 Å². The van der Waals surface area contributed by atoms with E-state index in [1.54, 1.807) is 12.1 Å². The van der Waals surface area contributed by atoms with E-state index in [0.717, 1.165) is 50.4 Å². The van der Waals surface area contributed by atoms with Crippen LogP contribution in [0.2, 0.25) is 0 Å². The Labute approximate surface area is 171 Å². The van der Waals surface area contributed by atoms with Crippen molar-refractivity contribution in [3.8, 4) is 11.1 Å². The highest BCUT2D eigenvalue weighted by Gasteiger charge is 2.17. The average Bonchev–Trinajstić information content (AvgIpc) is 2.76. The van der Waals surface area contributed by atoms with Crippen LogP contribution in [0.5, 0.6) is 0 Å². The maximum atomic E-state index is 11.2. The molecule has 0 aliphatic carbocycles. The van der Waals surface area contributed by atoms with E-state index in [4.69, 9.17) is 5.73 Å². The van der Waals surface area contributed by atoms with Crippen molar-refractivity contribution in [3.05, 3.63) is 89.7 Å². The summed E-state index contributed by atoms with van der Waals surface area (Å²) in [5, 5.41) is 0. The Hall–Kier alpha value is -3.02. The number of nitrogens with two attached hydrogens (primary N) is 1. The normalized spacial score (nSPS) is 15.3. The highest BCUT2D eigenvalue weighted by atomic mass is 16.1. The van der Waals surface area contributed by atoms with E-state index in [2.05, 4.69) is 51.2 Å². The third-order valence-electron chi connectivity index (χ3n) is 5.48. The van der Waals surface area contributed by atoms with Crippen molar-refractivity contribution < 1.29 is 4.79 Å². The highest BCUT2D eigenvalue weighted by molar-refractivity contribution is 5.93. The second kappa shape index (κ2) is 8.99. The first-order chi connectivity index (χ1) is 14.2. The Morgan fingerprint density at radius 3 is 1.66 bits per heavy atom. The van der Waals surface area contributed by atoms with E-state index in [1.165, 1.54) is 11.1 Å². The van der Waals surface area contributed by atoms with Gasteiger partial charge in [-0.15, -0.1) is 0 Å². The lowest BCUT2D eigenvalue weighted by Crippen LogP contribution is -2.45. The predicted molar refractivity (Wildman–Crippen MR) is 115 cm³/mol. The number of amides is 1. The van der Waals surface area contributed by atoms with Gasteiger partial charge in [0.15, 0.2) is 0 Å². The van der Waals surface area contributed by atoms with Gasteiger partial charge in [0.1, 0.15) is 0 Å². The number of hydrogen-bond acceptors (Lipinski definition) is 4. The minimum atomic E-state index is -0.396. The molecule has 1 fully saturated rings. The molecule has 2 aromatic carbocycles. The molecular weight excluding hydrogens is 360 g/mol. The Morgan fingerprint density at radius 1 is 0.724 bits per heavy atom. The lowest BCUT2D eigenvalue weighted by Gasteiger charge is -2.34. The number of piperazine rings is 1. The number of carbonyl (C=O) groups excluding carboxylic acids is 1. The third kappa shape index (κ3) is 5.08. The van der Waals surface area contributed by atoms with E-state index in [1.807, 2.05) is 24.5 Å². The second-order valence-electron chi connectivity index (χ2n) is 7.55. The molecule has 1 amide bonds. The molecule has 0 atom stereocenters. The van der Waals surface area contributed by atoms with Crippen LogP contribution < -0.4 is 5.73 Å². The van der Waals surface area contributed by atoms with Gasteiger partial charge in [-0.2, -0.15) is 0 Å². The molecule has 5 nitrogen and oxygen atoms in total. The van der Waals surface area contributed by atoms with Crippen LogP contribution >= 0.6 is 0 Å².